The van der Waals surface area contributed by atoms with Gasteiger partial charge in [0, 0.05) is 12.4 Å². The van der Waals surface area contributed by atoms with Gasteiger partial charge in [0.25, 0.3) is 11.4 Å². The number of methoxy groups -OCH3 is 1. The van der Waals surface area contributed by atoms with Gasteiger partial charge < -0.3 is 9.84 Å². The van der Waals surface area contributed by atoms with Crippen LogP contribution < -0.4 is 4.74 Å². The SMILES string of the molecule is COc1ccncc1.O=[N+]([O-])c1cc([N+](=O)[O-])c(O)c([N+](=O)[O-])c1. The highest BCUT2D eigenvalue weighted by molar-refractivity contribution is 5.64. The van der Waals surface area contributed by atoms with Gasteiger partial charge in [0.15, 0.2) is 0 Å². The molecule has 24 heavy (non-hydrogen) atoms. The molecule has 0 saturated carbocycles. The summed E-state index contributed by atoms with van der Waals surface area (Å²) in [5, 5.41) is 40.2. The van der Waals surface area contributed by atoms with Crippen molar-refractivity contribution >= 4 is 17.1 Å². The van der Waals surface area contributed by atoms with Crippen molar-refractivity contribution in [3.05, 3.63) is 67.0 Å². The largest absolute Gasteiger partial charge is 0.497 e. The molecule has 126 valence electrons. The maximum Gasteiger partial charge on any atom is 0.324 e. The smallest absolute Gasteiger partial charge is 0.324 e. The summed E-state index contributed by atoms with van der Waals surface area (Å²) < 4.78 is 4.87. The fourth-order valence-electron chi connectivity index (χ4n) is 1.45. The lowest BCUT2D eigenvalue weighted by molar-refractivity contribution is -0.404. The summed E-state index contributed by atoms with van der Waals surface area (Å²) in [6.45, 7) is 0. The van der Waals surface area contributed by atoms with E-state index in [0.717, 1.165) is 5.75 Å². The van der Waals surface area contributed by atoms with Gasteiger partial charge in [-0.1, -0.05) is 0 Å². The van der Waals surface area contributed by atoms with E-state index in [2.05, 4.69) is 4.98 Å². The van der Waals surface area contributed by atoms with Crippen LogP contribution in [0.4, 0.5) is 17.1 Å². The summed E-state index contributed by atoms with van der Waals surface area (Å²) in [6.07, 6.45) is 3.39. The Balaban J connectivity index is 0.000000300. The molecule has 0 amide bonds. The highest BCUT2D eigenvalue weighted by atomic mass is 16.6. The molecule has 0 aliphatic heterocycles. The Hall–Kier alpha value is -3.83. The van der Waals surface area contributed by atoms with Crippen molar-refractivity contribution in [2.24, 2.45) is 0 Å². The Morgan fingerprint density at radius 2 is 1.42 bits per heavy atom. The van der Waals surface area contributed by atoms with Crippen LogP contribution in [0.3, 0.4) is 0 Å². The maximum atomic E-state index is 10.4. The molecule has 0 atom stereocenters. The predicted octanol–water partition coefficient (Wildman–Crippen LogP) is 2.21. The maximum absolute atomic E-state index is 10.4. The third kappa shape index (κ3) is 4.59. The summed E-state index contributed by atoms with van der Waals surface area (Å²) in [6, 6.07) is 4.50. The number of rotatable bonds is 4. The van der Waals surface area contributed by atoms with Gasteiger partial charge in [-0.2, -0.15) is 0 Å². The number of aromatic hydroxyl groups is 1. The quantitative estimate of drug-likeness (QED) is 0.647. The first-order chi connectivity index (χ1) is 11.3. The second-order valence-corrected chi connectivity index (χ2v) is 3.99. The molecule has 0 aliphatic rings. The number of nitrogens with zero attached hydrogens (tertiary/aromatic N) is 4. The zero-order chi connectivity index (χ0) is 18.3. The van der Waals surface area contributed by atoms with Crippen LogP contribution in [0.2, 0.25) is 0 Å². The van der Waals surface area contributed by atoms with E-state index in [9.17, 15) is 30.3 Å². The minimum Gasteiger partial charge on any atom is -0.497 e. The van der Waals surface area contributed by atoms with Gasteiger partial charge in [0.2, 0.25) is 0 Å². The van der Waals surface area contributed by atoms with Crippen molar-refractivity contribution in [3.63, 3.8) is 0 Å². The van der Waals surface area contributed by atoms with E-state index in [-0.39, 0.29) is 0 Å². The fraction of sp³-hybridized carbons (Fsp3) is 0.0833. The molecular weight excluding hydrogens is 328 g/mol. The van der Waals surface area contributed by atoms with Crippen LogP contribution >= 0.6 is 0 Å². The highest BCUT2D eigenvalue weighted by Crippen LogP contribution is 2.38. The lowest BCUT2D eigenvalue weighted by Gasteiger charge is -1.97. The third-order valence-corrected chi connectivity index (χ3v) is 2.54. The molecule has 1 aromatic heterocycles. The highest BCUT2D eigenvalue weighted by Gasteiger charge is 2.30. The van der Waals surface area contributed by atoms with Crippen molar-refractivity contribution in [2.75, 3.05) is 7.11 Å². The van der Waals surface area contributed by atoms with Gasteiger partial charge in [-0.15, -0.1) is 0 Å². The number of non-ortho nitro benzene ring substituents is 1. The van der Waals surface area contributed by atoms with Crippen molar-refractivity contribution in [1.29, 1.82) is 0 Å². The molecule has 0 fully saturated rings. The summed E-state index contributed by atoms with van der Waals surface area (Å²) in [7, 11) is 1.63. The first-order valence-corrected chi connectivity index (χ1v) is 6.02. The van der Waals surface area contributed by atoms with Crippen LogP contribution in [0.1, 0.15) is 0 Å². The van der Waals surface area contributed by atoms with Gasteiger partial charge in [0.05, 0.1) is 34.0 Å². The van der Waals surface area contributed by atoms with Gasteiger partial charge in [-0.05, 0) is 12.1 Å². The molecule has 0 saturated heterocycles. The predicted molar refractivity (Wildman–Crippen MR) is 78.9 cm³/mol. The summed E-state index contributed by atoms with van der Waals surface area (Å²) in [5.74, 6) is -0.361. The normalized spacial score (nSPS) is 9.38. The number of pyridine rings is 1. The lowest BCUT2D eigenvalue weighted by atomic mass is 10.2. The first-order valence-electron chi connectivity index (χ1n) is 6.02. The van der Waals surface area contributed by atoms with Gasteiger partial charge >= 0.3 is 11.4 Å². The second kappa shape index (κ2) is 7.98. The average Bonchev–Trinajstić information content (AvgIpc) is 2.55. The number of phenols is 1. The van der Waals surface area contributed by atoms with Crippen molar-refractivity contribution < 1.29 is 24.6 Å². The Labute approximate surface area is 133 Å². The van der Waals surface area contributed by atoms with Gasteiger partial charge in [-0.3, -0.25) is 35.3 Å². The molecule has 2 rings (SSSR count). The molecule has 1 heterocycles. The van der Waals surface area contributed by atoms with Gasteiger partial charge in [0.1, 0.15) is 5.75 Å². The Morgan fingerprint density at radius 1 is 0.958 bits per heavy atom. The molecule has 12 nitrogen and oxygen atoms in total. The zero-order valence-electron chi connectivity index (χ0n) is 12.1. The van der Waals surface area contributed by atoms with Crippen molar-refractivity contribution in [1.82, 2.24) is 4.98 Å². The molecule has 0 spiro atoms. The zero-order valence-corrected chi connectivity index (χ0v) is 12.1. The Bertz CT molecular complexity index is 730. The van der Waals surface area contributed by atoms with E-state index >= 15 is 0 Å². The standard InChI is InChI=1S/C6H3N3O7.C6H7NO/c10-6-4(8(13)14)1-3(7(11)12)2-5(6)9(15)16;1-8-6-2-4-7-5-3-6/h1-2,10H;2-5H,1H3. The minimum absolute atomic E-state index is 0.447. The van der Waals surface area contributed by atoms with Crippen LogP contribution in [0.25, 0.3) is 0 Å². The first kappa shape index (κ1) is 18.2. The van der Waals surface area contributed by atoms with Gasteiger partial charge in [-0.25, -0.2) is 0 Å². The molecule has 12 heteroatoms. The molecule has 1 N–H and O–H groups in total. The number of phenolic OH excluding ortho intramolecular Hbond substituents is 1. The summed E-state index contributed by atoms with van der Waals surface area (Å²) in [5.41, 5.74) is -3.00. The van der Waals surface area contributed by atoms with Crippen molar-refractivity contribution in [3.8, 4) is 11.5 Å². The Kier molecular flexibility index (Phi) is 6.05. The number of benzene rings is 1. The minimum atomic E-state index is -1.21. The average molecular weight is 338 g/mol. The molecule has 0 radical (unpaired) electrons. The van der Waals surface area contributed by atoms with E-state index < -0.39 is 37.6 Å². The van der Waals surface area contributed by atoms with E-state index in [1.54, 1.807) is 31.6 Å². The van der Waals surface area contributed by atoms with E-state index in [0.29, 0.717) is 12.1 Å². The molecule has 0 bridgehead atoms. The number of ether oxygens (including phenoxy) is 1. The number of hydrogen-bond donors (Lipinski definition) is 1. The molecule has 0 unspecified atom stereocenters. The second-order valence-electron chi connectivity index (χ2n) is 3.99. The number of nitro groups is 3. The topological polar surface area (TPSA) is 172 Å². The number of aromatic nitrogens is 1. The van der Waals surface area contributed by atoms with Crippen LogP contribution in [-0.4, -0.2) is 32.0 Å². The van der Waals surface area contributed by atoms with Crippen molar-refractivity contribution in [2.45, 2.75) is 0 Å². The molecule has 1 aromatic carbocycles. The summed E-state index contributed by atoms with van der Waals surface area (Å²) in [4.78, 5) is 31.6. The third-order valence-electron chi connectivity index (χ3n) is 2.54. The molecule has 2 aromatic rings. The Morgan fingerprint density at radius 3 is 1.71 bits per heavy atom. The lowest BCUT2D eigenvalue weighted by Crippen LogP contribution is -1.97. The number of nitro benzene ring substituents is 3. The van der Waals surface area contributed by atoms with E-state index in [1.807, 2.05) is 0 Å². The number of hydrogen-bond acceptors (Lipinski definition) is 9. The van der Waals surface area contributed by atoms with E-state index in [1.165, 1.54) is 0 Å². The van der Waals surface area contributed by atoms with E-state index in [4.69, 9.17) is 9.84 Å². The van der Waals surface area contributed by atoms with Crippen LogP contribution in [0, 0.1) is 30.3 Å². The summed E-state index contributed by atoms with van der Waals surface area (Å²) >= 11 is 0. The van der Waals surface area contributed by atoms with Crippen LogP contribution in [-0.2, 0) is 0 Å². The fourth-order valence-corrected chi connectivity index (χ4v) is 1.45. The van der Waals surface area contributed by atoms with Crippen LogP contribution in [0.15, 0.2) is 36.7 Å². The monoisotopic (exact) mass is 338 g/mol. The molecule has 0 aliphatic carbocycles. The van der Waals surface area contributed by atoms with Crippen LogP contribution in [0.5, 0.6) is 11.5 Å². The molecular formula is C12H10N4O8.